The Hall–Kier alpha value is -1.88. The number of hydrogen-bond acceptors (Lipinski definition) is 3. The van der Waals surface area contributed by atoms with Crippen LogP contribution in [0.5, 0.6) is 0 Å². The molecule has 3 nitrogen and oxygen atoms in total. The van der Waals surface area contributed by atoms with Crippen LogP contribution in [0.15, 0.2) is 54.6 Å². The molecule has 0 fully saturated rings. The first-order valence-electron chi connectivity index (χ1n) is 8.16. The lowest BCUT2D eigenvalue weighted by Gasteiger charge is -2.30. The molecule has 0 aliphatic heterocycles. The third kappa shape index (κ3) is 2.40. The molecule has 1 aliphatic carbocycles. The van der Waals surface area contributed by atoms with E-state index in [1.807, 2.05) is 12.1 Å². The zero-order valence-electron chi connectivity index (χ0n) is 13.7. The third-order valence-electron chi connectivity index (χ3n) is 4.97. The van der Waals surface area contributed by atoms with Gasteiger partial charge in [0.1, 0.15) is 5.60 Å². The summed E-state index contributed by atoms with van der Waals surface area (Å²) in [6.07, 6.45) is 0. The van der Waals surface area contributed by atoms with Gasteiger partial charge in [-0.1, -0.05) is 53.5 Å². The largest absolute Gasteiger partial charge is 0.392 e. The average molecular weight is 387 g/mol. The van der Waals surface area contributed by atoms with E-state index in [4.69, 9.17) is 23.2 Å². The maximum atomic E-state index is 12.0. The number of halogens is 2. The molecule has 0 saturated heterocycles. The van der Waals surface area contributed by atoms with Crippen molar-refractivity contribution in [3.8, 4) is 11.1 Å². The highest BCUT2D eigenvalue weighted by molar-refractivity contribution is 6.31. The van der Waals surface area contributed by atoms with Gasteiger partial charge in [0.2, 0.25) is 0 Å². The molecule has 0 heterocycles. The molecule has 0 saturated carbocycles. The van der Waals surface area contributed by atoms with Crippen LogP contribution in [-0.2, 0) is 18.8 Å². The van der Waals surface area contributed by atoms with Crippen LogP contribution in [0, 0.1) is 0 Å². The van der Waals surface area contributed by atoms with E-state index in [1.54, 1.807) is 42.5 Å². The maximum Gasteiger partial charge on any atom is 0.142 e. The van der Waals surface area contributed by atoms with Crippen LogP contribution in [0.1, 0.15) is 27.8 Å². The summed E-state index contributed by atoms with van der Waals surface area (Å²) >= 11 is 12.4. The second-order valence-electron chi connectivity index (χ2n) is 6.36. The zero-order valence-corrected chi connectivity index (χ0v) is 15.2. The summed E-state index contributed by atoms with van der Waals surface area (Å²) in [5, 5.41) is 32.7. The lowest BCUT2D eigenvalue weighted by molar-refractivity contribution is 0.123. The third-order valence-corrected chi connectivity index (χ3v) is 5.44. The van der Waals surface area contributed by atoms with Gasteiger partial charge in [-0.05, 0) is 46.5 Å². The second-order valence-corrected chi connectivity index (χ2v) is 7.23. The van der Waals surface area contributed by atoms with E-state index in [9.17, 15) is 15.3 Å². The van der Waals surface area contributed by atoms with Crippen molar-refractivity contribution in [3.63, 3.8) is 0 Å². The number of aliphatic hydroxyl groups is 3. The van der Waals surface area contributed by atoms with Crippen LogP contribution in [0.4, 0.5) is 0 Å². The Morgan fingerprint density at radius 2 is 1.19 bits per heavy atom. The van der Waals surface area contributed by atoms with Gasteiger partial charge in [0.25, 0.3) is 0 Å². The fourth-order valence-electron chi connectivity index (χ4n) is 3.90. The van der Waals surface area contributed by atoms with E-state index in [1.165, 1.54) is 0 Å². The molecule has 0 amide bonds. The van der Waals surface area contributed by atoms with E-state index in [0.717, 1.165) is 11.1 Å². The Bertz CT molecular complexity index is 940. The van der Waals surface area contributed by atoms with Gasteiger partial charge in [-0.15, -0.1) is 0 Å². The number of aliphatic hydroxyl groups excluding tert-OH is 2. The molecule has 0 unspecified atom stereocenters. The number of rotatable bonds is 3. The van der Waals surface area contributed by atoms with E-state index in [0.29, 0.717) is 37.9 Å². The van der Waals surface area contributed by atoms with Gasteiger partial charge in [0, 0.05) is 26.7 Å². The molecule has 3 aromatic rings. The van der Waals surface area contributed by atoms with Crippen molar-refractivity contribution in [2.75, 3.05) is 0 Å². The molecule has 0 aromatic heterocycles. The van der Waals surface area contributed by atoms with Gasteiger partial charge < -0.3 is 15.3 Å². The SMILES string of the molecule is OCc1cccc(CO)c1C1(O)c2cc(Cl)ccc2-c2ccc(Cl)cc21. The van der Waals surface area contributed by atoms with Crippen molar-refractivity contribution in [2.24, 2.45) is 0 Å². The monoisotopic (exact) mass is 386 g/mol. The van der Waals surface area contributed by atoms with Crippen LogP contribution in [-0.4, -0.2) is 15.3 Å². The van der Waals surface area contributed by atoms with Crippen molar-refractivity contribution >= 4 is 23.2 Å². The predicted octanol–water partition coefficient (Wildman–Crippen LogP) is 4.24. The molecule has 26 heavy (non-hydrogen) atoms. The Labute approximate surface area is 161 Å². The summed E-state index contributed by atoms with van der Waals surface area (Å²) in [7, 11) is 0. The summed E-state index contributed by atoms with van der Waals surface area (Å²) in [6, 6.07) is 15.9. The number of benzene rings is 3. The lowest BCUT2D eigenvalue weighted by atomic mass is 9.79. The highest BCUT2D eigenvalue weighted by atomic mass is 35.5. The van der Waals surface area contributed by atoms with Crippen molar-refractivity contribution in [1.29, 1.82) is 0 Å². The minimum absolute atomic E-state index is 0.267. The first-order valence-corrected chi connectivity index (χ1v) is 8.92. The van der Waals surface area contributed by atoms with Gasteiger partial charge in [0.15, 0.2) is 0 Å². The van der Waals surface area contributed by atoms with E-state index in [-0.39, 0.29) is 13.2 Å². The number of hydrogen-bond donors (Lipinski definition) is 3. The van der Waals surface area contributed by atoms with Gasteiger partial charge in [-0.2, -0.15) is 0 Å². The first kappa shape index (κ1) is 17.5. The summed E-state index contributed by atoms with van der Waals surface area (Å²) < 4.78 is 0. The fourth-order valence-corrected chi connectivity index (χ4v) is 4.24. The van der Waals surface area contributed by atoms with E-state index < -0.39 is 5.60 Å². The molecular formula is C21H16Cl2O3. The van der Waals surface area contributed by atoms with Crippen molar-refractivity contribution in [3.05, 3.63) is 92.5 Å². The Balaban J connectivity index is 2.15. The topological polar surface area (TPSA) is 60.7 Å². The highest BCUT2D eigenvalue weighted by Crippen LogP contribution is 2.53. The van der Waals surface area contributed by atoms with E-state index in [2.05, 4.69) is 0 Å². The first-order chi connectivity index (χ1) is 12.5. The fraction of sp³-hybridized carbons (Fsp3) is 0.143. The molecule has 1 aliphatic rings. The van der Waals surface area contributed by atoms with E-state index >= 15 is 0 Å². The zero-order chi connectivity index (χ0) is 18.5. The molecule has 3 N–H and O–H groups in total. The number of fused-ring (bicyclic) bond motifs is 3. The van der Waals surface area contributed by atoms with Crippen molar-refractivity contribution < 1.29 is 15.3 Å². The minimum atomic E-state index is -1.57. The molecule has 4 rings (SSSR count). The predicted molar refractivity (Wildman–Crippen MR) is 102 cm³/mol. The van der Waals surface area contributed by atoms with Gasteiger partial charge in [0.05, 0.1) is 13.2 Å². The van der Waals surface area contributed by atoms with Crippen LogP contribution in [0.25, 0.3) is 11.1 Å². The summed E-state index contributed by atoms with van der Waals surface area (Å²) in [5.41, 5.74) is 2.89. The highest BCUT2D eigenvalue weighted by Gasteiger charge is 2.45. The smallest absolute Gasteiger partial charge is 0.142 e. The minimum Gasteiger partial charge on any atom is -0.392 e. The Morgan fingerprint density at radius 1 is 0.731 bits per heavy atom. The average Bonchev–Trinajstić information content (AvgIpc) is 2.89. The van der Waals surface area contributed by atoms with Gasteiger partial charge >= 0.3 is 0 Å². The molecule has 5 heteroatoms. The van der Waals surface area contributed by atoms with Gasteiger partial charge in [-0.3, -0.25) is 0 Å². The van der Waals surface area contributed by atoms with Crippen LogP contribution < -0.4 is 0 Å². The van der Waals surface area contributed by atoms with Crippen molar-refractivity contribution in [2.45, 2.75) is 18.8 Å². The van der Waals surface area contributed by atoms with Crippen LogP contribution in [0.2, 0.25) is 10.0 Å². The second kappa shape index (κ2) is 6.38. The molecule has 3 aromatic carbocycles. The molecule has 0 spiro atoms. The quantitative estimate of drug-likeness (QED) is 0.630. The standard InChI is InChI=1S/C21H16Cl2O3/c22-14-4-6-16-17-7-5-15(23)9-19(17)21(26,18(16)8-14)20-12(10-24)2-1-3-13(20)11-25/h1-9,24-26H,10-11H2. The molecule has 0 radical (unpaired) electrons. The van der Waals surface area contributed by atoms with Crippen molar-refractivity contribution in [1.82, 2.24) is 0 Å². The Morgan fingerprint density at radius 3 is 1.62 bits per heavy atom. The van der Waals surface area contributed by atoms with Crippen LogP contribution >= 0.6 is 23.2 Å². The Kier molecular flexibility index (Phi) is 4.30. The summed E-state index contributed by atoms with van der Waals surface area (Å²) in [4.78, 5) is 0. The summed E-state index contributed by atoms with van der Waals surface area (Å²) in [6.45, 7) is -0.533. The lowest BCUT2D eigenvalue weighted by Crippen LogP contribution is -2.29. The molecule has 132 valence electrons. The summed E-state index contributed by atoms with van der Waals surface area (Å²) in [5.74, 6) is 0. The molecule has 0 bridgehead atoms. The van der Waals surface area contributed by atoms with Gasteiger partial charge in [-0.25, -0.2) is 0 Å². The van der Waals surface area contributed by atoms with Crippen LogP contribution in [0.3, 0.4) is 0 Å². The molecular weight excluding hydrogens is 371 g/mol. The normalized spacial score (nSPS) is 14.2. The molecule has 0 atom stereocenters. The maximum absolute atomic E-state index is 12.0.